The summed E-state index contributed by atoms with van der Waals surface area (Å²) in [4.78, 5) is 65.3. The number of carbonyl (C=O) groups excluding carboxylic acids is 4. The minimum atomic E-state index is -1.08. The molecule has 0 atom stereocenters. The summed E-state index contributed by atoms with van der Waals surface area (Å²) in [5.41, 5.74) is 2.38. The van der Waals surface area contributed by atoms with E-state index in [9.17, 15) is 24.0 Å². The predicted molar refractivity (Wildman–Crippen MR) is 165 cm³/mol. The summed E-state index contributed by atoms with van der Waals surface area (Å²) in [5.74, 6) is -2.32. The van der Waals surface area contributed by atoms with E-state index in [1.54, 1.807) is 60.7 Å². The molecule has 0 fully saturated rings. The van der Waals surface area contributed by atoms with Crippen molar-refractivity contribution < 1.29 is 29.1 Å². The highest BCUT2D eigenvalue weighted by Gasteiger charge is 2.24. The van der Waals surface area contributed by atoms with E-state index >= 15 is 0 Å². The quantitative estimate of drug-likeness (QED) is 0.221. The molecule has 5 amide bonds. The Balaban J connectivity index is 1.59. The van der Waals surface area contributed by atoms with Crippen molar-refractivity contribution in [1.82, 2.24) is 9.80 Å². The molecule has 0 bridgehead atoms. The van der Waals surface area contributed by atoms with Crippen LogP contribution in [0.3, 0.4) is 0 Å². The predicted octanol–water partition coefficient (Wildman–Crippen LogP) is 4.30. The van der Waals surface area contributed by atoms with Crippen molar-refractivity contribution in [2.45, 2.75) is 26.7 Å². The van der Waals surface area contributed by atoms with Gasteiger partial charge in [0.15, 0.2) is 0 Å². The number of amides is 5. The minimum absolute atomic E-state index is 0.0250. The van der Waals surface area contributed by atoms with Crippen molar-refractivity contribution >= 4 is 46.8 Å². The normalized spacial score (nSPS) is 10.5. The van der Waals surface area contributed by atoms with Crippen LogP contribution in [0.5, 0.6) is 0 Å². The summed E-state index contributed by atoms with van der Waals surface area (Å²) >= 11 is 0. The molecule has 0 radical (unpaired) electrons. The number of anilines is 3. The second-order valence-electron chi connectivity index (χ2n) is 10.4. The van der Waals surface area contributed by atoms with Crippen molar-refractivity contribution in [1.29, 1.82) is 0 Å². The molecule has 11 nitrogen and oxygen atoms in total. The summed E-state index contributed by atoms with van der Waals surface area (Å²) in [6.07, 6.45) is -0.283. The van der Waals surface area contributed by atoms with E-state index in [0.29, 0.717) is 17.1 Å². The largest absolute Gasteiger partial charge is 0.481 e. The zero-order chi connectivity index (χ0) is 31.2. The summed E-state index contributed by atoms with van der Waals surface area (Å²) in [6.45, 7) is 3.35. The third-order valence-electron chi connectivity index (χ3n) is 6.20. The van der Waals surface area contributed by atoms with Gasteiger partial charge >= 0.3 is 12.0 Å². The molecular formula is C32H37N5O6. The minimum Gasteiger partial charge on any atom is -0.481 e. The van der Waals surface area contributed by atoms with Gasteiger partial charge in [-0.15, -0.1) is 0 Å². The molecule has 0 saturated heterocycles. The molecule has 3 aromatic carbocycles. The lowest BCUT2D eigenvalue weighted by Gasteiger charge is -2.28. The van der Waals surface area contributed by atoms with Gasteiger partial charge < -0.3 is 30.9 Å². The van der Waals surface area contributed by atoms with Crippen molar-refractivity contribution in [2.24, 2.45) is 5.92 Å². The second kappa shape index (κ2) is 16.3. The van der Waals surface area contributed by atoms with Crippen LogP contribution < -0.4 is 16.0 Å². The van der Waals surface area contributed by atoms with E-state index in [1.807, 2.05) is 38.1 Å². The Morgan fingerprint density at radius 3 is 1.77 bits per heavy atom. The summed E-state index contributed by atoms with van der Waals surface area (Å²) in [6, 6.07) is 24.1. The number of hydrogen-bond donors (Lipinski definition) is 4. The molecule has 0 aliphatic rings. The maximum absolute atomic E-state index is 13.3. The van der Waals surface area contributed by atoms with Crippen LogP contribution in [0.15, 0.2) is 84.9 Å². The number of hydrogen-bond acceptors (Lipinski definition) is 5. The first kappa shape index (κ1) is 32.3. The van der Waals surface area contributed by atoms with Gasteiger partial charge in [-0.25, -0.2) is 4.79 Å². The molecule has 0 heterocycles. The molecule has 43 heavy (non-hydrogen) atoms. The van der Waals surface area contributed by atoms with Crippen LogP contribution in [0.1, 0.15) is 25.8 Å². The highest BCUT2D eigenvalue weighted by molar-refractivity contribution is 6.00. The van der Waals surface area contributed by atoms with E-state index in [2.05, 4.69) is 16.0 Å². The Morgan fingerprint density at radius 1 is 0.674 bits per heavy atom. The molecule has 0 saturated carbocycles. The van der Waals surface area contributed by atoms with E-state index in [-0.39, 0.29) is 50.8 Å². The van der Waals surface area contributed by atoms with Gasteiger partial charge in [-0.05, 0) is 47.9 Å². The number of urea groups is 1. The molecule has 226 valence electrons. The first-order valence-electron chi connectivity index (χ1n) is 13.9. The molecular weight excluding hydrogens is 550 g/mol. The Labute approximate surface area is 250 Å². The molecule has 0 spiro atoms. The molecule has 0 aliphatic carbocycles. The number of carbonyl (C=O) groups is 5. The van der Waals surface area contributed by atoms with Crippen molar-refractivity contribution in [2.75, 3.05) is 42.1 Å². The Hall–Kier alpha value is -5.19. The first-order chi connectivity index (χ1) is 20.6. The monoisotopic (exact) mass is 587 g/mol. The highest BCUT2D eigenvalue weighted by Crippen LogP contribution is 2.15. The zero-order valence-corrected chi connectivity index (χ0v) is 24.3. The molecule has 0 aromatic heterocycles. The lowest BCUT2D eigenvalue weighted by molar-refractivity contribution is -0.143. The van der Waals surface area contributed by atoms with E-state index in [1.165, 1.54) is 9.80 Å². The SMILES string of the molecule is CC(C)CN(CC(=O)Nc1ccc(NC(=O)Nc2ccccc2)cc1)C(=O)CN(CCC(=O)O)C(=O)Cc1ccccc1. The Morgan fingerprint density at radius 2 is 1.21 bits per heavy atom. The lowest BCUT2D eigenvalue weighted by Crippen LogP contribution is -2.47. The van der Waals surface area contributed by atoms with Crippen LogP contribution in [0.2, 0.25) is 0 Å². The average Bonchev–Trinajstić information content (AvgIpc) is 2.96. The number of carboxylic acid groups (broad SMARTS) is 1. The molecule has 11 heteroatoms. The van der Waals surface area contributed by atoms with Gasteiger partial charge in [-0.3, -0.25) is 19.2 Å². The number of carboxylic acids is 1. The summed E-state index contributed by atoms with van der Waals surface area (Å²) in [5, 5.41) is 17.4. The number of rotatable bonds is 14. The number of benzene rings is 3. The van der Waals surface area contributed by atoms with Gasteiger partial charge in [0.1, 0.15) is 0 Å². The number of nitrogens with zero attached hydrogens (tertiary/aromatic N) is 2. The first-order valence-corrected chi connectivity index (χ1v) is 13.9. The van der Waals surface area contributed by atoms with Gasteiger partial charge in [0.2, 0.25) is 17.7 Å². The second-order valence-corrected chi connectivity index (χ2v) is 10.4. The molecule has 3 rings (SSSR count). The van der Waals surface area contributed by atoms with Gasteiger partial charge in [0.25, 0.3) is 0 Å². The highest BCUT2D eigenvalue weighted by atomic mass is 16.4. The summed E-state index contributed by atoms with van der Waals surface area (Å²) < 4.78 is 0. The van der Waals surface area contributed by atoms with Gasteiger partial charge in [-0.1, -0.05) is 62.4 Å². The smallest absolute Gasteiger partial charge is 0.323 e. The zero-order valence-electron chi connectivity index (χ0n) is 24.3. The third-order valence-corrected chi connectivity index (χ3v) is 6.20. The van der Waals surface area contributed by atoms with Crippen molar-refractivity contribution in [3.63, 3.8) is 0 Å². The topological polar surface area (TPSA) is 148 Å². The van der Waals surface area contributed by atoms with Crippen LogP contribution in [0, 0.1) is 5.92 Å². The van der Waals surface area contributed by atoms with E-state index in [4.69, 9.17) is 5.11 Å². The van der Waals surface area contributed by atoms with Gasteiger partial charge in [0.05, 0.1) is 25.9 Å². The van der Waals surface area contributed by atoms with Crippen LogP contribution in [-0.2, 0) is 25.6 Å². The standard InChI is InChI=1S/C32H37N5O6/c1-23(2)20-37(30(40)22-36(18-17-31(41)42)29(39)19-24-9-5-3-6-10-24)21-28(38)33-26-13-15-27(16-14-26)35-32(43)34-25-11-7-4-8-12-25/h3-16,23H,17-22H2,1-2H3,(H,33,38)(H,41,42)(H2,34,35,43). The number of aliphatic carboxylic acids is 1. The molecule has 0 unspecified atom stereocenters. The van der Waals surface area contributed by atoms with Crippen LogP contribution in [0.4, 0.5) is 21.9 Å². The van der Waals surface area contributed by atoms with E-state index in [0.717, 1.165) is 5.56 Å². The average molecular weight is 588 g/mol. The molecule has 3 aromatic rings. The van der Waals surface area contributed by atoms with Crippen LogP contribution in [-0.4, -0.2) is 70.8 Å². The fourth-order valence-corrected chi connectivity index (χ4v) is 4.19. The molecule has 0 aliphatic heterocycles. The fraction of sp³-hybridized carbons (Fsp3) is 0.281. The van der Waals surface area contributed by atoms with Crippen molar-refractivity contribution in [3.05, 3.63) is 90.5 Å². The van der Waals surface area contributed by atoms with Gasteiger partial charge in [-0.2, -0.15) is 0 Å². The maximum Gasteiger partial charge on any atom is 0.323 e. The summed E-state index contributed by atoms with van der Waals surface area (Å²) in [7, 11) is 0. The fourth-order valence-electron chi connectivity index (χ4n) is 4.19. The van der Waals surface area contributed by atoms with Gasteiger partial charge in [0, 0.05) is 30.2 Å². The molecule has 4 N–H and O–H groups in total. The number of para-hydroxylation sites is 1. The maximum atomic E-state index is 13.3. The van der Waals surface area contributed by atoms with E-state index < -0.39 is 23.8 Å². The Bertz CT molecular complexity index is 1380. The third kappa shape index (κ3) is 11.7. The lowest BCUT2D eigenvalue weighted by atomic mass is 10.1. The Kier molecular flexibility index (Phi) is 12.3. The van der Waals surface area contributed by atoms with Crippen LogP contribution >= 0.6 is 0 Å². The number of nitrogens with one attached hydrogen (secondary N) is 3. The van der Waals surface area contributed by atoms with Crippen LogP contribution in [0.25, 0.3) is 0 Å². The van der Waals surface area contributed by atoms with Crippen molar-refractivity contribution in [3.8, 4) is 0 Å².